The summed E-state index contributed by atoms with van der Waals surface area (Å²) in [5.74, 6) is 0. The van der Waals surface area contributed by atoms with Crippen LogP contribution in [0.5, 0.6) is 0 Å². The fourth-order valence-electron chi connectivity index (χ4n) is 0.0129. The molecule has 0 N–H and O–H groups in total. The van der Waals surface area contributed by atoms with Crippen molar-refractivity contribution in [2.24, 2.45) is 0 Å². The van der Waals surface area contributed by atoms with Crippen LogP contribution < -0.4 is 0 Å². The molecule has 0 aliphatic carbocycles. The normalized spacial score (nSPS) is 7.67. The molecule has 0 rings (SSSR count). The van der Waals surface area contributed by atoms with Gasteiger partial charge in [-0.1, -0.05) is 0 Å². The first-order valence-electron chi connectivity index (χ1n) is 0.918. The fraction of sp³-hybridized carbons (Fsp3) is 0. The highest BCUT2D eigenvalue weighted by Gasteiger charge is 1.82. The zero-order chi connectivity index (χ0) is 4.99. The zero-order valence-electron chi connectivity index (χ0n) is 2.48. The second-order valence-corrected chi connectivity index (χ2v) is 1.66. The topological polar surface area (TPSA) is 26.3 Å². The second kappa shape index (κ2) is 3.61. The first-order chi connectivity index (χ1) is 2.81. The molecule has 0 aliphatic rings. The van der Waals surface area contributed by atoms with Gasteiger partial charge in [0.1, 0.15) is 11.3 Å². The van der Waals surface area contributed by atoms with Crippen LogP contribution in [0.4, 0.5) is 0 Å². The summed E-state index contributed by atoms with van der Waals surface area (Å²) >= 11 is 9.43. The Morgan fingerprint density at radius 2 is 2.33 bits per heavy atom. The Kier molecular flexibility index (Phi) is 3.87. The maximum atomic E-state index is 9.40. The second-order valence-electron chi connectivity index (χ2n) is 0.398. The zero-order valence-corrected chi connectivity index (χ0v) is 4.81. The van der Waals surface area contributed by atoms with Crippen molar-refractivity contribution in [2.45, 2.75) is 0 Å². The molecule has 0 fully saturated rings. The average Bonchev–Trinajstić information content (AvgIpc) is 1.65. The highest BCUT2D eigenvalue weighted by molar-refractivity contribution is 7.69. The Morgan fingerprint density at radius 3 is 2.33 bits per heavy atom. The fourth-order valence-corrected chi connectivity index (χ4v) is 0.116. The molecule has 0 aromatic carbocycles. The van der Waals surface area contributed by atoms with E-state index in [0.717, 1.165) is 0 Å². The number of hydrogen-bond donors (Lipinski definition) is 0. The largest absolute Gasteiger partial charge is 0.257 e. The van der Waals surface area contributed by atoms with E-state index in [1.165, 1.54) is 0 Å². The van der Waals surface area contributed by atoms with Gasteiger partial charge in [-0.25, -0.2) is 8.50 Å². The maximum Gasteiger partial charge on any atom is 0.257 e. The third-order valence-electron chi connectivity index (χ3n) is 0.126. The van der Waals surface area contributed by atoms with Crippen molar-refractivity contribution in [3.63, 3.8) is 0 Å². The molecule has 36 valence electrons. The molecular weight excluding hydrogens is 147 g/mol. The minimum absolute atomic E-state index is 0.00270. The van der Waals surface area contributed by atoms with Crippen molar-refractivity contribution in [3.8, 4) is 0 Å². The van der Waals surface area contributed by atoms with Gasteiger partial charge in [-0.15, -0.1) is 0 Å². The highest BCUT2D eigenvalue weighted by Crippen LogP contribution is 1.85. The monoisotopic (exact) mass is 146 g/mol. The summed E-state index contributed by atoms with van der Waals surface area (Å²) in [6, 6.07) is 0. The van der Waals surface area contributed by atoms with Crippen LogP contribution in [0, 0.1) is 0 Å². The minimum Gasteiger partial charge on any atom is -0.214 e. The van der Waals surface area contributed by atoms with Crippen LogP contribution in [-0.4, -0.2) is 8.72 Å². The van der Waals surface area contributed by atoms with Crippen molar-refractivity contribution in [3.05, 3.63) is 0 Å². The van der Waals surface area contributed by atoms with Crippen LogP contribution in [0.3, 0.4) is 0 Å². The van der Waals surface area contributed by atoms with Crippen molar-refractivity contribution < 1.29 is 8.50 Å². The summed E-state index contributed by atoms with van der Waals surface area (Å²) in [6.07, 6.45) is 0. The maximum absolute atomic E-state index is 9.40. The van der Waals surface area contributed by atoms with E-state index >= 15 is 0 Å². The molecule has 0 spiro atoms. The molecule has 0 heterocycles. The Labute approximate surface area is 48.2 Å². The molecule has 0 atom stereocenters. The SMILES string of the molecule is O=S=C(Cl)OCl. The number of hydrogen-bond acceptors (Lipinski definition) is 2. The molecule has 0 radical (unpaired) electrons. The Bertz CT molecular complexity index is 85.5. The van der Waals surface area contributed by atoms with Crippen LogP contribution in [-0.2, 0) is 15.5 Å². The summed E-state index contributed by atoms with van der Waals surface area (Å²) in [5, 5.41) is 0. The van der Waals surface area contributed by atoms with Crippen LogP contribution in [0.25, 0.3) is 0 Å². The Balaban J connectivity index is 3.52. The van der Waals surface area contributed by atoms with E-state index in [1.807, 2.05) is 0 Å². The van der Waals surface area contributed by atoms with Crippen LogP contribution in [0.2, 0.25) is 0 Å². The van der Waals surface area contributed by atoms with Crippen LogP contribution in [0.1, 0.15) is 0 Å². The molecule has 0 bridgehead atoms. The van der Waals surface area contributed by atoms with Crippen LogP contribution in [0.15, 0.2) is 0 Å². The predicted molar refractivity (Wildman–Crippen MR) is 25.9 cm³/mol. The predicted octanol–water partition coefficient (Wildman–Crippen LogP) is 0.696. The van der Waals surface area contributed by atoms with Gasteiger partial charge in [-0.2, -0.15) is 0 Å². The third-order valence-corrected chi connectivity index (χ3v) is 0.931. The third kappa shape index (κ3) is 2.66. The molecule has 0 aromatic rings. The lowest BCUT2D eigenvalue weighted by Gasteiger charge is -1.72. The van der Waals surface area contributed by atoms with Crippen molar-refractivity contribution >= 4 is 39.2 Å². The van der Waals surface area contributed by atoms with Gasteiger partial charge >= 0.3 is 0 Å². The number of halogens is 2. The van der Waals surface area contributed by atoms with Crippen molar-refractivity contribution in [1.82, 2.24) is 0 Å². The van der Waals surface area contributed by atoms with Gasteiger partial charge in [-0.05, 0) is 11.6 Å². The highest BCUT2D eigenvalue weighted by atomic mass is 35.5. The average molecular weight is 147 g/mol. The van der Waals surface area contributed by atoms with Gasteiger partial charge in [0.05, 0.1) is 11.9 Å². The summed E-state index contributed by atoms with van der Waals surface area (Å²) in [6.45, 7) is 0. The summed E-state index contributed by atoms with van der Waals surface area (Å²) < 4.78 is 12.8. The molecule has 0 saturated heterocycles. The van der Waals surface area contributed by atoms with E-state index < -0.39 is 0 Å². The van der Waals surface area contributed by atoms with E-state index in [4.69, 9.17) is 11.6 Å². The van der Waals surface area contributed by atoms with Gasteiger partial charge in [0.25, 0.3) is 4.51 Å². The summed E-state index contributed by atoms with van der Waals surface area (Å²) in [5.41, 5.74) is 0. The summed E-state index contributed by atoms with van der Waals surface area (Å²) in [7, 11) is 0. The molecule has 0 saturated carbocycles. The molecule has 0 amide bonds. The van der Waals surface area contributed by atoms with Gasteiger partial charge in [0.2, 0.25) is 0 Å². The molecular formula is CCl2O2S. The van der Waals surface area contributed by atoms with Crippen molar-refractivity contribution in [1.29, 1.82) is 0 Å². The molecule has 0 aliphatic heterocycles. The first kappa shape index (κ1) is 6.43. The quantitative estimate of drug-likeness (QED) is 0.372. The molecule has 5 heteroatoms. The van der Waals surface area contributed by atoms with Crippen molar-refractivity contribution in [2.75, 3.05) is 0 Å². The van der Waals surface area contributed by atoms with Gasteiger partial charge in [0, 0.05) is 0 Å². The Hall–Kier alpha value is 0.430. The van der Waals surface area contributed by atoms with E-state index in [2.05, 4.69) is 16.2 Å². The smallest absolute Gasteiger partial charge is 0.214 e. The molecule has 0 aromatic heterocycles. The Morgan fingerprint density at radius 1 is 1.83 bits per heavy atom. The number of rotatable bonds is 0. The van der Waals surface area contributed by atoms with Gasteiger partial charge < -0.3 is 0 Å². The van der Waals surface area contributed by atoms with E-state index in [0.29, 0.717) is 0 Å². The van der Waals surface area contributed by atoms with E-state index in [9.17, 15) is 4.21 Å². The van der Waals surface area contributed by atoms with E-state index in [1.54, 1.807) is 0 Å². The first-order valence-corrected chi connectivity index (χ1v) is 2.35. The molecule has 0 unspecified atom stereocenters. The standard InChI is InChI=1S/CCl2O2S/c2-1(5-3)6-4. The van der Waals surface area contributed by atoms with Gasteiger partial charge in [-0.3, -0.25) is 0 Å². The lowest BCUT2D eigenvalue weighted by Crippen LogP contribution is -1.79. The lowest BCUT2D eigenvalue weighted by atomic mass is 11.7. The van der Waals surface area contributed by atoms with Crippen LogP contribution >= 0.6 is 23.5 Å². The minimum atomic E-state index is -0.309. The molecule has 2 nitrogen and oxygen atoms in total. The van der Waals surface area contributed by atoms with Gasteiger partial charge in [0.15, 0.2) is 0 Å². The lowest BCUT2D eigenvalue weighted by molar-refractivity contribution is 0.643. The van der Waals surface area contributed by atoms with E-state index in [-0.39, 0.29) is 15.8 Å². The molecule has 6 heavy (non-hydrogen) atoms. The summed E-state index contributed by atoms with van der Waals surface area (Å²) in [4.78, 5) is 0.